The molecule has 0 saturated heterocycles. The van der Waals surface area contributed by atoms with E-state index in [1.54, 1.807) is 0 Å². The second-order valence-electron chi connectivity index (χ2n) is 3.70. The van der Waals surface area contributed by atoms with Crippen molar-refractivity contribution in [2.75, 3.05) is 0 Å². The van der Waals surface area contributed by atoms with Crippen LogP contribution in [0, 0.1) is 0 Å². The van der Waals surface area contributed by atoms with Gasteiger partial charge in [-0.05, 0) is 18.2 Å². The lowest BCUT2D eigenvalue weighted by molar-refractivity contribution is 0.0660. The summed E-state index contributed by atoms with van der Waals surface area (Å²) in [6, 6.07) is 5.39. The Bertz CT molecular complexity index is 671. The number of carbonyl (C=O) groups is 2. The third-order valence-corrected chi connectivity index (χ3v) is 2.33. The highest BCUT2D eigenvalue weighted by molar-refractivity contribution is 5.93. The van der Waals surface area contributed by atoms with Gasteiger partial charge in [-0.1, -0.05) is 0 Å². The molecule has 1 amide bonds. The Balaban J connectivity index is 2.00. The molecule has 0 aromatic carbocycles. The number of aromatic nitrogens is 1. The molecule has 2 heterocycles. The molecule has 98 valence electrons. The predicted octanol–water partition coefficient (Wildman–Crippen LogP) is 0.596. The molecule has 2 aromatic heterocycles. The Labute approximate surface area is 106 Å². The first kappa shape index (κ1) is 12.6. The number of hydrogen-bond donors (Lipinski definition) is 3. The molecule has 2 aromatic rings. The van der Waals surface area contributed by atoms with Crippen LogP contribution in [0.15, 0.2) is 39.7 Å². The first-order chi connectivity index (χ1) is 9.06. The van der Waals surface area contributed by atoms with Crippen molar-refractivity contribution < 1.29 is 19.1 Å². The van der Waals surface area contributed by atoms with Crippen LogP contribution in [0.25, 0.3) is 0 Å². The summed E-state index contributed by atoms with van der Waals surface area (Å²) < 4.78 is 4.97. The molecule has 0 aliphatic carbocycles. The van der Waals surface area contributed by atoms with Gasteiger partial charge in [-0.3, -0.25) is 9.59 Å². The van der Waals surface area contributed by atoms with Gasteiger partial charge in [0.05, 0.1) is 6.54 Å². The van der Waals surface area contributed by atoms with Gasteiger partial charge < -0.3 is 19.8 Å². The topological polar surface area (TPSA) is 112 Å². The molecule has 7 nitrogen and oxygen atoms in total. The summed E-state index contributed by atoms with van der Waals surface area (Å²) in [4.78, 5) is 35.7. The maximum atomic E-state index is 11.7. The Hall–Kier alpha value is -2.83. The number of amides is 1. The third-order valence-electron chi connectivity index (χ3n) is 2.33. The standard InChI is InChI=1S/C12H10N2O5/c15-10-5-7(3-4-13-10)11(16)14-6-8-1-2-9(19-8)12(17)18/h1-5H,6H2,(H,13,15)(H,14,16)(H,17,18). The molecule has 0 aliphatic heterocycles. The van der Waals surface area contributed by atoms with Gasteiger partial charge in [0.1, 0.15) is 5.76 Å². The number of nitrogens with one attached hydrogen (secondary N) is 2. The maximum Gasteiger partial charge on any atom is 0.371 e. The molecular formula is C12H10N2O5. The fraction of sp³-hybridized carbons (Fsp3) is 0.0833. The van der Waals surface area contributed by atoms with Gasteiger partial charge in [-0.2, -0.15) is 0 Å². The number of hydrogen-bond acceptors (Lipinski definition) is 4. The predicted molar refractivity (Wildman–Crippen MR) is 63.9 cm³/mol. The SMILES string of the molecule is O=C(NCc1ccc(C(=O)O)o1)c1cc[nH]c(=O)c1. The van der Waals surface area contributed by atoms with Crippen molar-refractivity contribution in [1.29, 1.82) is 0 Å². The number of carboxylic acid groups (broad SMARTS) is 1. The zero-order valence-electron chi connectivity index (χ0n) is 9.67. The minimum Gasteiger partial charge on any atom is -0.475 e. The van der Waals surface area contributed by atoms with E-state index in [0.717, 1.165) is 0 Å². The van der Waals surface area contributed by atoms with Crippen LogP contribution in [-0.4, -0.2) is 22.0 Å². The lowest BCUT2D eigenvalue weighted by Gasteiger charge is -2.02. The van der Waals surface area contributed by atoms with Crippen molar-refractivity contribution in [3.8, 4) is 0 Å². The monoisotopic (exact) mass is 262 g/mol. The summed E-state index contributed by atoms with van der Waals surface area (Å²) in [5, 5.41) is 11.2. The number of H-pyrrole nitrogens is 1. The van der Waals surface area contributed by atoms with E-state index in [0.29, 0.717) is 5.76 Å². The molecule has 0 bridgehead atoms. The van der Waals surface area contributed by atoms with Crippen LogP contribution in [-0.2, 0) is 6.54 Å². The highest BCUT2D eigenvalue weighted by Crippen LogP contribution is 2.07. The van der Waals surface area contributed by atoms with E-state index < -0.39 is 11.9 Å². The lowest BCUT2D eigenvalue weighted by atomic mass is 10.2. The van der Waals surface area contributed by atoms with Crippen LogP contribution >= 0.6 is 0 Å². The lowest BCUT2D eigenvalue weighted by Crippen LogP contribution is -2.24. The van der Waals surface area contributed by atoms with E-state index in [1.165, 1.54) is 30.5 Å². The molecule has 0 saturated carbocycles. The Morgan fingerprint density at radius 2 is 2.11 bits per heavy atom. The van der Waals surface area contributed by atoms with Gasteiger partial charge in [-0.15, -0.1) is 0 Å². The molecule has 0 atom stereocenters. The molecule has 0 radical (unpaired) electrons. The Morgan fingerprint density at radius 1 is 1.32 bits per heavy atom. The molecule has 0 fully saturated rings. The van der Waals surface area contributed by atoms with Gasteiger partial charge in [0, 0.05) is 17.8 Å². The van der Waals surface area contributed by atoms with Crippen molar-refractivity contribution in [3.63, 3.8) is 0 Å². The first-order valence-corrected chi connectivity index (χ1v) is 5.35. The van der Waals surface area contributed by atoms with Crippen LogP contribution in [0.3, 0.4) is 0 Å². The van der Waals surface area contributed by atoms with Crippen LogP contribution in [0.2, 0.25) is 0 Å². The summed E-state index contributed by atoms with van der Waals surface area (Å²) in [5.74, 6) is -1.50. The van der Waals surface area contributed by atoms with E-state index in [2.05, 4.69) is 10.3 Å². The Kier molecular flexibility index (Phi) is 3.46. The minimum atomic E-state index is -1.17. The van der Waals surface area contributed by atoms with E-state index in [4.69, 9.17) is 9.52 Å². The number of carboxylic acids is 1. The van der Waals surface area contributed by atoms with E-state index in [-0.39, 0.29) is 23.4 Å². The van der Waals surface area contributed by atoms with Crippen molar-refractivity contribution in [2.24, 2.45) is 0 Å². The number of carbonyl (C=O) groups excluding carboxylic acids is 1. The smallest absolute Gasteiger partial charge is 0.371 e. The molecule has 0 aliphatic rings. The molecule has 0 spiro atoms. The zero-order valence-corrected chi connectivity index (χ0v) is 9.67. The number of rotatable bonds is 4. The number of furan rings is 1. The second kappa shape index (κ2) is 5.21. The largest absolute Gasteiger partial charge is 0.475 e. The average molecular weight is 262 g/mol. The summed E-state index contributed by atoms with van der Waals surface area (Å²) >= 11 is 0. The summed E-state index contributed by atoms with van der Waals surface area (Å²) in [7, 11) is 0. The normalized spacial score (nSPS) is 10.1. The number of aromatic carboxylic acids is 1. The van der Waals surface area contributed by atoms with Gasteiger partial charge in [0.2, 0.25) is 11.3 Å². The fourth-order valence-electron chi connectivity index (χ4n) is 1.44. The van der Waals surface area contributed by atoms with Gasteiger partial charge in [0.25, 0.3) is 5.91 Å². The van der Waals surface area contributed by atoms with Crippen LogP contribution in [0.5, 0.6) is 0 Å². The maximum absolute atomic E-state index is 11.7. The molecule has 2 rings (SSSR count). The number of pyridine rings is 1. The van der Waals surface area contributed by atoms with E-state index in [1.807, 2.05) is 0 Å². The van der Waals surface area contributed by atoms with Crippen LogP contribution < -0.4 is 10.9 Å². The second-order valence-corrected chi connectivity index (χ2v) is 3.70. The van der Waals surface area contributed by atoms with Crippen molar-refractivity contribution >= 4 is 11.9 Å². The summed E-state index contributed by atoms with van der Waals surface area (Å²) in [5.41, 5.74) is -0.160. The highest BCUT2D eigenvalue weighted by atomic mass is 16.4. The average Bonchev–Trinajstić information content (AvgIpc) is 2.85. The van der Waals surface area contributed by atoms with Crippen molar-refractivity contribution in [1.82, 2.24) is 10.3 Å². The van der Waals surface area contributed by atoms with E-state index in [9.17, 15) is 14.4 Å². The van der Waals surface area contributed by atoms with Crippen LogP contribution in [0.4, 0.5) is 0 Å². The molecular weight excluding hydrogens is 252 g/mol. The fourth-order valence-corrected chi connectivity index (χ4v) is 1.44. The zero-order chi connectivity index (χ0) is 13.8. The van der Waals surface area contributed by atoms with Crippen molar-refractivity contribution in [3.05, 3.63) is 57.9 Å². The van der Waals surface area contributed by atoms with Gasteiger partial charge in [0.15, 0.2) is 0 Å². The summed E-state index contributed by atoms with van der Waals surface area (Å²) in [6.07, 6.45) is 1.37. The third kappa shape index (κ3) is 3.09. The van der Waals surface area contributed by atoms with Gasteiger partial charge in [-0.25, -0.2) is 4.79 Å². The molecule has 3 N–H and O–H groups in total. The van der Waals surface area contributed by atoms with Crippen molar-refractivity contribution in [2.45, 2.75) is 6.54 Å². The molecule has 19 heavy (non-hydrogen) atoms. The highest BCUT2D eigenvalue weighted by Gasteiger charge is 2.10. The van der Waals surface area contributed by atoms with E-state index >= 15 is 0 Å². The summed E-state index contributed by atoms with van der Waals surface area (Å²) in [6.45, 7) is 0.0406. The number of aromatic amines is 1. The minimum absolute atomic E-state index is 0.0406. The first-order valence-electron chi connectivity index (χ1n) is 5.35. The van der Waals surface area contributed by atoms with Crippen LogP contribution in [0.1, 0.15) is 26.7 Å². The molecule has 0 unspecified atom stereocenters. The quantitative estimate of drug-likeness (QED) is 0.746. The van der Waals surface area contributed by atoms with Gasteiger partial charge >= 0.3 is 5.97 Å². The molecule has 7 heteroatoms. The Morgan fingerprint density at radius 3 is 2.74 bits per heavy atom.